The van der Waals surface area contributed by atoms with Crippen LogP contribution in [0.5, 0.6) is 0 Å². The lowest BCUT2D eigenvalue weighted by Crippen LogP contribution is -2.32. The predicted molar refractivity (Wildman–Crippen MR) is 52.6 cm³/mol. The van der Waals surface area contributed by atoms with Crippen LogP contribution in [0.2, 0.25) is 1.41 Å². The third-order valence-corrected chi connectivity index (χ3v) is 3.03. The van der Waals surface area contributed by atoms with Gasteiger partial charge in [-0.1, -0.05) is 24.3 Å². The zero-order valence-electron chi connectivity index (χ0n) is 8.81. The van der Waals surface area contributed by atoms with Gasteiger partial charge in [-0.25, -0.2) is 0 Å². The molecule has 2 aliphatic rings. The van der Waals surface area contributed by atoms with Crippen molar-refractivity contribution in [2.75, 3.05) is 13.2 Å². The van der Waals surface area contributed by atoms with E-state index in [9.17, 15) is 4.79 Å². The molecule has 1 aromatic rings. The molecule has 14 heavy (non-hydrogen) atoms. The van der Waals surface area contributed by atoms with E-state index in [0.717, 1.165) is 23.8 Å². The van der Waals surface area contributed by atoms with Crippen molar-refractivity contribution in [3.8, 4) is 0 Å². The van der Waals surface area contributed by atoms with Crippen LogP contribution in [-0.4, -0.2) is 24.0 Å². The lowest BCUT2D eigenvalue weighted by molar-refractivity contribution is -0.121. The molecule has 0 bridgehead atoms. The number of carbonyl (C=O) groups is 1. The van der Waals surface area contributed by atoms with Crippen molar-refractivity contribution in [1.29, 1.82) is 0 Å². The highest BCUT2D eigenvalue weighted by Crippen LogP contribution is 2.31. The van der Waals surface area contributed by atoms with Gasteiger partial charge in [0, 0.05) is 6.54 Å². The number of nitrogens with one attached hydrogen (secondary N) is 1. The fourth-order valence-corrected chi connectivity index (χ4v) is 2.31. The maximum Gasteiger partial charge on any atom is 0.243 e. The first-order valence-corrected chi connectivity index (χ1v) is 4.89. The summed E-state index contributed by atoms with van der Waals surface area (Å²) in [5.74, 6) is -0.0952. The SMILES string of the molecule is [2H]N1CN2CCc3ccccc3C2C1=O. The molecule has 0 saturated carbocycles. The summed E-state index contributed by atoms with van der Waals surface area (Å²) in [6.07, 6.45) is 0.980. The van der Waals surface area contributed by atoms with E-state index in [1.54, 1.807) is 0 Å². The first kappa shape index (κ1) is 7.01. The van der Waals surface area contributed by atoms with Gasteiger partial charge in [0.1, 0.15) is 6.04 Å². The van der Waals surface area contributed by atoms with Gasteiger partial charge in [-0.2, -0.15) is 0 Å². The van der Waals surface area contributed by atoms with Gasteiger partial charge >= 0.3 is 0 Å². The highest BCUT2D eigenvalue weighted by Gasteiger charge is 2.36. The predicted octanol–water partition coefficient (Wildman–Crippen LogP) is 0.673. The molecule has 0 radical (unpaired) electrons. The summed E-state index contributed by atoms with van der Waals surface area (Å²) in [5, 5.41) is 1.06. The van der Waals surface area contributed by atoms with Crippen molar-refractivity contribution < 1.29 is 6.21 Å². The molecule has 1 atom stereocenters. The molecule has 3 heteroatoms. The summed E-state index contributed by atoms with van der Waals surface area (Å²) in [4.78, 5) is 13.9. The molecule has 1 saturated heterocycles. The quantitative estimate of drug-likeness (QED) is 0.650. The van der Waals surface area contributed by atoms with E-state index in [1.807, 2.05) is 18.2 Å². The maximum atomic E-state index is 11.8. The Kier molecular flexibility index (Phi) is 1.41. The van der Waals surface area contributed by atoms with Crippen molar-refractivity contribution in [1.82, 2.24) is 10.2 Å². The van der Waals surface area contributed by atoms with Gasteiger partial charge in [0.2, 0.25) is 5.91 Å². The lowest BCUT2D eigenvalue weighted by Gasteiger charge is -2.28. The van der Waals surface area contributed by atoms with Crippen LogP contribution >= 0.6 is 0 Å². The molecule has 2 heterocycles. The number of rotatable bonds is 0. The highest BCUT2D eigenvalue weighted by molar-refractivity contribution is 5.85. The van der Waals surface area contributed by atoms with Crippen LogP contribution in [-0.2, 0) is 11.2 Å². The largest absolute Gasteiger partial charge is 0.342 e. The number of carbonyl (C=O) groups excluding carboxylic acids is 1. The molecule has 1 aromatic carbocycles. The average molecular weight is 189 g/mol. The Morgan fingerprint density at radius 1 is 1.50 bits per heavy atom. The standard InChI is InChI=1S/C11H12N2O/c14-11-10-9-4-2-1-3-8(9)5-6-13(10)7-12-11/h1-4,10H,5-7H2,(H,12,14)/i/hD. The van der Waals surface area contributed by atoms with E-state index < -0.39 is 0 Å². The Balaban J connectivity index is 2.08. The van der Waals surface area contributed by atoms with E-state index >= 15 is 0 Å². The summed E-state index contributed by atoms with van der Waals surface area (Å²) in [6, 6.07) is 7.84. The highest BCUT2D eigenvalue weighted by atomic mass is 16.2. The third-order valence-electron chi connectivity index (χ3n) is 3.03. The summed E-state index contributed by atoms with van der Waals surface area (Å²) in [6.45, 7) is 1.32. The minimum atomic E-state index is -0.201. The van der Waals surface area contributed by atoms with Crippen LogP contribution in [0.25, 0.3) is 0 Å². The molecule has 0 spiro atoms. The molecular formula is C11H12N2O. The molecular weight excluding hydrogens is 176 g/mol. The van der Waals surface area contributed by atoms with Crippen LogP contribution in [0.15, 0.2) is 24.3 Å². The molecule has 2 aliphatic heterocycles. The fraction of sp³-hybridized carbons (Fsp3) is 0.364. The van der Waals surface area contributed by atoms with Crippen LogP contribution in [0.4, 0.5) is 0 Å². The average Bonchev–Trinajstić information content (AvgIpc) is 2.55. The van der Waals surface area contributed by atoms with Crippen molar-refractivity contribution in [2.45, 2.75) is 12.5 Å². The fourth-order valence-electron chi connectivity index (χ4n) is 2.31. The van der Waals surface area contributed by atoms with Gasteiger partial charge in [0.25, 0.3) is 0 Å². The third kappa shape index (κ3) is 0.990. The first-order chi connectivity index (χ1) is 7.27. The zero-order valence-corrected chi connectivity index (χ0v) is 7.81. The number of hydrogen-bond donors (Lipinski definition) is 1. The smallest absolute Gasteiger partial charge is 0.243 e. The van der Waals surface area contributed by atoms with Crippen molar-refractivity contribution in [2.24, 2.45) is 0 Å². The Bertz CT molecular complexity index is 421. The molecule has 3 rings (SSSR count). The Morgan fingerprint density at radius 3 is 3.29 bits per heavy atom. The van der Waals surface area contributed by atoms with Crippen molar-refractivity contribution in [3.05, 3.63) is 35.4 Å². The van der Waals surface area contributed by atoms with E-state index in [1.165, 1.54) is 5.56 Å². The molecule has 72 valence electrons. The van der Waals surface area contributed by atoms with E-state index in [4.69, 9.17) is 1.41 Å². The Labute approximate surface area is 84.2 Å². The minimum absolute atomic E-state index is 0.0952. The topological polar surface area (TPSA) is 32.3 Å². The molecule has 1 unspecified atom stereocenters. The van der Waals surface area contributed by atoms with E-state index in [0.29, 0.717) is 6.67 Å². The van der Waals surface area contributed by atoms with Crippen molar-refractivity contribution >= 4 is 5.91 Å². The van der Waals surface area contributed by atoms with Gasteiger partial charge in [0.15, 0.2) is 1.41 Å². The molecule has 1 amide bonds. The minimum Gasteiger partial charge on any atom is -0.342 e. The summed E-state index contributed by atoms with van der Waals surface area (Å²) in [5.41, 5.74) is 2.34. The van der Waals surface area contributed by atoms with Gasteiger partial charge in [-0.3, -0.25) is 9.69 Å². The molecule has 0 aliphatic carbocycles. The van der Waals surface area contributed by atoms with Crippen LogP contribution in [0.3, 0.4) is 0 Å². The second-order valence-corrected chi connectivity index (χ2v) is 3.80. The van der Waals surface area contributed by atoms with E-state index in [-0.39, 0.29) is 11.9 Å². The van der Waals surface area contributed by atoms with Gasteiger partial charge in [-0.15, -0.1) is 0 Å². The Hall–Kier alpha value is -1.35. The molecule has 1 N–H and O–H groups in total. The number of nitrogens with zero attached hydrogens (tertiary/aromatic N) is 1. The molecule has 1 fully saturated rings. The van der Waals surface area contributed by atoms with E-state index in [2.05, 4.69) is 11.0 Å². The zero-order chi connectivity index (χ0) is 10.4. The summed E-state index contributed by atoms with van der Waals surface area (Å²) < 4.78 is 7.52. The number of benzene rings is 1. The van der Waals surface area contributed by atoms with Crippen molar-refractivity contribution in [3.63, 3.8) is 0 Å². The number of fused-ring (bicyclic) bond motifs is 3. The second-order valence-electron chi connectivity index (χ2n) is 3.80. The first-order valence-electron chi connectivity index (χ1n) is 5.34. The molecule has 3 nitrogen and oxygen atoms in total. The lowest BCUT2D eigenvalue weighted by atomic mass is 9.93. The molecule has 0 aromatic heterocycles. The van der Waals surface area contributed by atoms with Crippen LogP contribution in [0.1, 0.15) is 17.2 Å². The van der Waals surface area contributed by atoms with Gasteiger partial charge in [-0.05, 0) is 17.5 Å². The second kappa shape index (κ2) is 2.82. The monoisotopic (exact) mass is 189 g/mol. The number of amides is 1. The summed E-state index contributed by atoms with van der Waals surface area (Å²) in [7, 11) is 0. The van der Waals surface area contributed by atoms with Gasteiger partial charge in [0.05, 0.1) is 6.67 Å². The summed E-state index contributed by atoms with van der Waals surface area (Å²) >= 11 is 0. The number of hydrogen-bond acceptors (Lipinski definition) is 2. The van der Waals surface area contributed by atoms with Crippen LogP contribution < -0.4 is 5.31 Å². The normalized spacial score (nSPS) is 27.1. The van der Waals surface area contributed by atoms with Gasteiger partial charge < -0.3 is 5.31 Å². The maximum absolute atomic E-state index is 11.8. The Morgan fingerprint density at radius 2 is 2.36 bits per heavy atom. The van der Waals surface area contributed by atoms with Crippen LogP contribution in [0, 0.1) is 0 Å².